The van der Waals surface area contributed by atoms with Crippen molar-refractivity contribution in [1.82, 2.24) is 4.98 Å². The molecule has 2 bridgehead atoms. The van der Waals surface area contributed by atoms with Crippen LogP contribution in [0.2, 0.25) is 5.02 Å². The predicted molar refractivity (Wildman–Crippen MR) is 118 cm³/mol. The molecule has 0 radical (unpaired) electrons. The van der Waals surface area contributed by atoms with Crippen LogP contribution in [0.3, 0.4) is 0 Å². The number of amides is 1. The number of fused-ring (bicyclic) bond motifs is 2. The Morgan fingerprint density at radius 2 is 2.03 bits per heavy atom. The Hall–Kier alpha value is -2.52. The van der Waals surface area contributed by atoms with Crippen molar-refractivity contribution < 1.29 is 17.6 Å². The maximum Gasteiger partial charge on any atom is 0.274 e. The molecule has 2 aromatic rings. The number of nitrogens with zero attached hydrogens (tertiary/aromatic N) is 2. The highest BCUT2D eigenvalue weighted by molar-refractivity contribution is 7.94. The molecule has 1 aromatic carbocycles. The van der Waals surface area contributed by atoms with Crippen molar-refractivity contribution in [1.29, 1.82) is 0 Å². The maximum atomic E-state index is 14.9. The van der Waals surface area contributed by atoms with Crippen molar-refractivity contribution in [3.63, 3.8) is 0 Å². The molecule has 1 fully saturated rings. The fraction of sp³-hybridized carbons (Fsp3) is 0.381. The van der Waals surface area contributed by atoms with Gasteiger partial charge in [-0.3, -0.25) is 9.79 Å². The van der Waals surface area contributed by atoms with Gasteiger partial charge in [0.2, 0.25) is 0 Å². The number of carbonyl (C=O) groups excluding carboxylic acids is 1. The largest absolute Gasteiger partial charge is 0.386 e. The molecule has 2 aliphatic rings. The molecular formula is C21H22ClFN4O3S. The number of rotatable bonds is 3. The summed E-state index contributed by atoms with van der Waals surface area (Å²) in [7, 11) is -3.67. The summed E-state index contributed by atoms with van der Waals surface area (Å²) in [6.45, 7) is 4.84. The van der Waals surface area contributed by atoms with E-state index in [1.807, 2.05) is 0 Å². The lowest BCUT2D eigenvalue weighted by Gasteiger charge is -2.39. The number of hydrogen-bond acceptors (Lipinski definition) is 6. The highest BCUT2D eigenvalue weighted by Gasteiger charge is 2.63. The Balaban J connectivity index is 1.75. The summed E-state index contributed by atoms with van der Waals surface area (Å²) in [5, 5.41) is 2.19. The van der Waals surface area contributed by atoms with Gasteiger partial charge >= 0.3 is 0 Å². The van der Waals surface area contributed by atoms with Gasteiger partial charge in [-0.15, -0.1) is 0 Å². The molecule has 4 rings (SSSR count). The molecule has 1 amide bonds. The van der Waals surface area contributed by atoms with Crippen LogP contribution in [0, 0.1) is 12.7 Å². The number of sulfone groups is 1. The molecule has 0 aliphatic carbocycles. The molecule has 1 saturated heterocycles. The number of halogens is 2. The third kappa shape index (κ3) is 3.13. The first-order chi connectivity index (χ1) is 14.4. The van der Waals surface area contributed by atoms with Crippen molar-refractivity contribution in [2.45, 2.75) is 49.1 Å². The highest BCUT2D eigenvalue weighted by Crippen LogP contribution is 2.51. The first kappa shape index (κ1) is 21.7. The minimum Gasteiger partial charge on any atom is -0.386 e. The van der Waals surface area contributed by atoms with Crippen molar-refractivity contribution in [2.24, 2.45) is 10.7 Å². The van der Waals surface area contributed by atoms with E-state index in [-0.39, 0.29) is 22.8 Å². The Kier molecular flexibility index (Phi) is 4.90. The van der Waals surface area contributed by atoms with Crippen molar-refractivity contribution in [3.8, 4) is 0 Å². The van der Waals surface area contributed by atoms with Crippen LogP contribution in [0.1, 0.15) is 48.3 Å². The van der Waals surface area contributed by atoms with Crippen molar-refractivity contribution >= 4 is 38.9 Å². The Bertz CT molecular complexity index is 1250. The van der Waals surface area contributed by atoms with E-state index in [2.05, 4.69) is 15.3 Å². The van der Waals surface area contributed by atoms with Crippen LogP contribution < -0.4 is 11.1 Å². The number of aromatic nitrogens is 1. The lowest BCUT2D eigenvalue weighted by atomic mass is 9.86. The zero-order valence-corrected chi connectivity index (χ0v) is 18.8. The molecule has 7 nitrogen and oxygen atoms in total. The number of aryl methyl sites for hydroxylation is 1. The Morgan fingerprint density at radius 3 is 2.71 bits per heavy atom. The van der Waals surface area contributed by atoms with Crippen LogP contribution in [0.15, 0.2) is 35.5 Å². The molecule has 164 valence electrons. The standard InChI is InChI=1S/C21H22ClFN4O3S/c1-11-8-12(22)10-25-17(11)18(28)26-13-4-5-15(23)14(9-13)21(3)16-6-7-20(2,19(24)27-21)31(16,29)30/h4-5,8-10,16H,6-7H2,1-3H3,(H2,24,27)(H,26,28)/t16-,20+,21+/m1/s1. The number of anilines is 1. The lowest BCUT2D eigenvalue weighted by molar-refractivity contribution is 0.102. The van der Waals surface area contributed by atoms with Gasteiger partial charge in [0.25, 0.3) is 5.91 Å². The van der Waals surface area contributed by atoms with Gasteiger partial charge in [0, 0.05) is 17.4 Å². The van der Waals surface area contributed by atoms with E-state index in [4.69, 9.17) is 17.3 Å². The molecule has 2 aliphatic heterocycles. The second kappa shape index (κ2) is 7.00. The molecule has 0 spiro atoms. The molecule has 10 heteroatoms. The van der Waals surface area contributed by atoms with E-state index >= 15 is 0 Å². The maximum absolute atomic E-state index is 14.9. The predicted octanol–water partition coefficient (Wildman–Crippen LogP) is 3.36. The molecule has 31 heavy (non-hydrogen) atoms. The summed E-state index contributed by atoms with van der Waals surface area (Å²) in [6, 6.07) is 5.60. The first-order valence-corrected chi connectivity index (χ1v) is 11.7. The lowest BCUT2D eigenvalue weighted by Crippen LogP contribution is -2.55. The SMILES string of the molecule is Cc1cc(Cl)cnc1C(=O)Nc1ccc(F)c([C@]2(C)N=C(N)[C@]3(C)CC[C@H]2S3(=O)=O)c1. The van der Waals surface area contributed by atoms with Crippen molar-refractivity contribution in [2.75, 3.05) is 5.32 Å². The number of nitrogens with two attached hydrogens (primary N) is 1. The third-order valence-corrected chi connectivity index (χ3v) is 9.76. The number of carbonyl (C=O) groups is 1. The van der Waals surface area contributed by atoms with Crippen LogP contribution in [-0.4, -0.2) is 35.1 Å². The van der Waals surface area contributed by atoms with Gasteiger partial charge in [-0.05, 0) is 63.4 Å². The smallest absolute Gasteiger partial charge is 0.274 e. The molecule has 0 saturated carbocycles. The van der Waals surface area contributed by atoms with Gasteiger partial charge in [0.15, 0.2) is 9.84 Å². The van der Waals surface area contributed by atoms with Gasteiger partial charge in [-0.1, -0.05) is 11.6 Å². The minimum absolute atomic E-state index is 0.0152. The topological polar surface area (TPSA) is 115 Å². The van der Waals surface area contributed by atoms with Gasteiger partial charge in [0.1, 0.15) is 27.6 Å². The number of hydrogen-bond donors (Lipinski definition) is 2. The van der Waals surface area contributed by atoms with Crippen LogP contribution in [0.25, 0.3) is 0 Å². The second-order valence-electron chi connectivity index (χ2n) is 8.42. The molecule has 3 N–H and O–H groups in total. The van der Waals surface area contributed by atoms with Crippen LogP contribution in [-0.2, 0) is 15.4 Å². The minimum atomic E-state index is -3.67. The van der Waals surface area contributed by atoms with Crippen molar-refractivity contribution in [3.05, 3.63) is 58.1 Å². The normalized spacial score (nSPS) is 28.8. The molecular weight excluding hydrogens is 443 g/mol. The van der Waals surface area contributed by atoms with E-state index in [0.717, 1.165) is 0 Å². The average molecular weight is 465 g/mol. The summed E-state index contributed by atoms with van der Waals surface area (Å²) in [6.07, 6.45) is 2.02. The summed E-state index contributed by atoms with van der Waals surface area (Å²) in [5.41, 5.74) is 5.78. The number of aliphatic imine (C=N–C) groups is 1. The fourth-order valence-electron chi connectivity index (χ4n) is 4.51. The summed E-state index contributed by atoms with van der Waals surface area (Å²) in [4.78, 5) is 21.2. The number of nitrogens with one attached hydrogen (secondary N) is 1. The number of amidine groups is 1. The van der Waals surface area contributed by atoms with Gasteiger partial charge in [-0.25, -0.2) is 17.8 Å². The number of benzene rings is 1. The first-order valence-electron chi connectivity index (χ1n) is 9.73. The van der Waals surface area contributed by atoms with E-state index in [1.165, 1.54) is 24.4 Å². The van der Waals surface area contributed by atoms with Crippen LogP contribution in [0.5, 0.6) is 0 Å². The molecule has 3 atom stereocenters. The summed E-state index contributed by atoms with van der Waals surface area (Å²) < 4.78 is 40.0. The Labute approximate surface area is 184 Å². The summed E-state index contributed by atoms with van der Waals surface area (Å²) in [5.74, 6) is -1.13. The number of pyridine rings is 1. The molecule has 3 heterocycles. The van der Waals surface area contributed by atoms with Gasteiger partial charge in [0.05, 0.1) is 10.3 Å². The average Bonchev–Trinajstić information content (AvgIpc) is 2.86. The quantitative estimate of drug-likeness (QED) is 0.722. The van der Waals surface area contributed by atoms with Gasteiger partial charge in [-0.2, -0.15) is 0 Å². The highest BCUT2D eigenvalue weighted by atomic mass is 35.5. The third-order valence-electron chi connectivity index (χ3n) is 6.44. The van der Waals surface area contributed by atoms with E-state index < -0.39 is 37.1 Å². The van der Waals surface area contributed by atoms with Gasteiger partial charge < -0.3 is 11.1 Å². The van der Waals surface area contributed by atoms with Crippen LogP contribution in [0.4, 0.5) is 10.1 Å². The van der Waals surface area contributed by atoms with E-state index in [9.17, 15) is 17.6 Å². The van der Waals surface area contributed by atoms with Crippen LogP contribution >= 0.6 is 11.6 Å². The molecule has 0 unspecified atom stereocenters. The van der Waals surface area contributed by atoms with E-state index in [0.29, 0.717) is 23.4 Å². The van der Waals surface area contributed by atoms with E-state index in [1.54, 1.807) is 26.8 Å². The second-order valence-corrected chi connectivity index (χ2v) is 11.4. The molecule has 1 aromatic heterocycles. The fourth-order valence-corrected chi connectivity index (χ4v) is 7.30. The zero-order valence-electron chi connectivity index (χ0n) is 17.2. The Morgan fingerprint density at radius 1 is 1.32 bits per heavy atom. The monoisotopic (exact) mass is 464 g/mol. The summed E-state index contributed by atoms with van der Waals surface area (Å²) >= 11 is 5.89. The zero-order chi connectivity index (χ0) is 22.8.